The highest BCUT2D eigenvalue weighted by atomic mass is 35.5. The smallest absolute Gasteiger partial charge is 0.244 e. The van der Waals surface area contributed by atoms with Gasteiger partial charge < -0.3 is 10.2 Å². The second-order valence-electron chi connectivity index (χ2n) is 8.88. The number of aryl methyl sites for hydroxylation is 1. The summed E-state index contributed by atoms with van der Waals surface area (Å²) < 4.78 is 26.7. The molecule has 2 aromatic carbocycles. The monoisotopic (exact) mass is 521 g/mol. The number of anilines is 1. The highest BCUT2D eigenvalue weighted by Gasteiger charge is 2.32. The molecule has 192 valence electrons. The molecule has 2 amide bonds. The molecule has 0 spiro atoms. The largest absolute Gasteiger partial charge is 0.352 e. The van der Waals surface area contributed by atoms with Crippen molar-refractivity contribution in [3.63, 3.8) is 0 Å². The standard InChI is InChI=1S/C26H36ClN3O4S/c1-7-19(4)28-26(32)23(8-2)29(16-21-12-14-22(27)15-13-21)25(31)17-30(35(6,33)34)24-11-9-10-18(3)20(24)5/h9-15,19,23H,7-8,16-17H2,1-6H3,(H,28,32)/t19-,23-/m1/s1. The van der Waals surface area contributed by atoms with Crippen molar-refractivity contribution in [2.75, 3.05) is 17.1 Å². The Bertz CT molecular complexity index is 1140. The Morgan fingerprint density at radius 2 is 1.66 bits per heavy atom. The topological polar surface area (TPSA) is 86.8 Å². The van der Waals surface area contributed by atoms with Crippen LogP contribution in [0, 0.1) is 13.8 Å². The van der Waals surface area contributed by atoms with E-state index in [1.807, 2.05) is 40.7 Å². The molecule has 0 aromatic heterocycles. The number of halogens is 1. The Hall–Kier alpha value is -2.58. The number of hydrogen-bond acceptors (Lipinski definition) is 4. The Morgan fingerprint density at radius 3 is 2.20 bits per heavy atom. The van der Waals surface area contributed by atoms with Crippen LogP contribution in [0.25, 0.3) is 0 Å². The fraction of sp³-hybridized carbons (Fsp3) is 0.462. The van der Waals surface area contributed by atoms with Gasteiger partial charge in [0.05, 0.1) is 11.9 Å². The van der Waals surface area contributed by atoms with Crippen LogP contribution in [0.3, 0.4) is 0 Å². The van der Waals surface area contributed by atoms with Gasteiger partial charge in [0.25, 0.3) is 0 Å². The summed E-state index contributed by atoms with van der Waals surface area (Å²) in [6.07, 6.45) is 2.21. The molecular formula is C26H36ClN3O4S. The second kappa shape index (κ2) is 12.4. The summed E-state index contributed by atoms with van der Waals surface area (Å²) >= 11 is 6.02. The van der Waals surface area contributed by atoms with Crippen molar-refractivity contribution < 1.29 is 18.0 Å². The van der Waals surface area contributed by atoms with E-state index in [0.29, 0.717) is 17.1 Å². The highest BCUT2D eigenvalue weighted by Crippen LogP contribution is 2.26. The van der Waals surface area contributed by atoms with Gasteiger partial charge in [-0.2, -0.15) is 0 Å². The number of carbonyl (C=O) groups is 2. The van der Waals surface area contributed by atoms with E-state index in [0.717, 1.165) is 33.7 Å². The molecule has 0 aliphatic carbocycles. The molecule has 2 rings (SSSR count). The molecule has 2 atom stereocenters. The minimum atomic E-state index is -3.77. The maximum atomic E-state index is 13.7. The molecule has 0 saturated carbocycles. The van der Waals surface area contributed by atoms with Crippen molar-refractivity contribution in [1.82, 2.24) is 10.2 Å². The van der Waals surface area contributed by atoms with Crippen molar-refractivity contribution in [2.24, 2.45) is 0 Å². The van der Waals surface area contributed by atoms with Crippen LogP contribution in [0.2, 0.25) is 5.02 Å². The Morgan fingerprint density at radius 1 is 1.03 bits per heavy atom. The average molecular weight is 522 g/mol. The molecular weight excluding hydrogens is 486 g/mol. The van der Waals surface area contributed by atoms with Gasteiger partial charge in [0.15, 0.2) is 0 Å². The molecule has 1 N–H and O–H groups in total. The van der Waals surface area contributed by atoms with Crippen LogP contribution in [0.1, 0.15) is 50.3 Å². The summed E-state index contributed by atoms with van der Waals surface area (Å²) in [4.78, 5) is 28.3. The molecule has 35 heavy (non-hydrogen) atoms. The number of carbonyl (C=O) groups excluding carboxylic acids is 2. The predicted molar refractivity (Wildman–Crippen MR) is 142 cm³/mol. The fourth-order valence-electron chi connectivity index (χ4n) is 3.75. The maximum absolute atomic E-state index is 13.7. The summed E-state index contributed by atoms with van der Waals surface area (Å²) in [5, 5.41) is 3.52. The number of sulfonamides is 1. The summed E-state index contributed by atoms with van der Waals surface area (Å²) in [6.45, 7) is 9.16. The Balaban J connectivity index is 2.47. The summed E-state index contributed by atoms with van der Waals surface area (Å²) in [6, 6.07) is 11.6. The lowest BCUT2D eigenvalue weighted by molar-refractivity contribution is -0.140. The van der Waals surface area contributed by atoms with Gasteiger partial charge in [-0.15, -0.1) is 0 Å². The minimum Gasteiger partial charge on any atom is -0.352 e. The van der Waals surface area contributed by atoms with E-state index in [2.05, 4.69) is 5.32 Å². The van der Waals surface area contributed by atoms with Crippen LogP contribution in [0.15, 0.2) is 42.5 Å². The zero-order chi connectivity index (χ0) is 26.3. The van der Waals surface area contributed by atoms with Gasteiger partial charge in [-0.25, -0.2) is 8.42 Å². The molecule has 0 heterocycles. The van der Waals surface area contributed by atoms with Crippen molar-refractivity contribution in [1.29, 1.82) is 0 Å². The maximum Gasteiger partial charge on any atom is 0.244 e. The van der Waals surface area contributed by atoms with Gasteiger partial charge in [-0.05, 0) is 68.5 Å². The predicted octanol–water partition coefficient (Wildman–Crippen LogP) is 4.44. The number of rotatable bonds is 11. The quantitative estimate of drug-likeness (QED) is 0.473. The first-order valence-corrected chi connectivity index (χ1v) is 14.0. The third kappa shape index (κ3) is 7.70. The van der Waals surface area contributed by atoms with Crippen LogP contribution in [-0.2, 0) is 26.2 Å². The van der Waals surface area contributed by atoms with Gasteiger partial charge in [0, 0.05) is 17.6 Å². The number of nitrogens with one attached hydrogen (secondary N) is 1. The van der Waals surface area contributed by atoms with E-state index in [1.165, 1.54) is 4.90 Å². The van der Waals surface area contributed by atoms with Crippen LogP contribution in [0.5, 0.6) is 0 Å². The third-order valence-electron chi connectivity index (χ3n) is 6.18. The third-order valence-corrected chi connectivity index (χ3v) is 7.56. The average Bonchev–Trinajstić information content (AvgIpc) is 2.79. The van der Waals surface area contributed by atoms with Crippen molar-refractivity contribution in [3.8, 4) is 0 Å². The molecule has 0 saturated heterocycles. The van der Waals surface area contributed by atoms with E-state index in [4.69, 9.17) is 11.6 Å². The number of hydrogen-bond donors (Lipinski definition) is 1. The van der Waals surface area contributed by atoms with E-state index in [1.54, 1.807) is 36.4 Å². The minimum absolute atomic E-state index is 0.0495. The van der Waals surface area contributed by atoms with E-state index >= 15 is 0 Å². The second-order valence-corrected chi connectivity index (χ2v) is 11.2. The van der Waals surface area contributed by atoms with Crippen LogP contribution in [-0.4, -0.2) is 50.0 Å². The van der Waals surface area contributed by atoms with Crippen molar-refractivity contribution in [3.05, 3.63) is 64.2 Å². The fourth-order valence-corrected chi connectivity index (χ4v) is 4.77. The zero-order valence-corrected chi connectivity index (χ0v) is 22.9. The first-order chi connectivity index (χ1) is 16.4. The number of amides is 2. The normalized spacial score (nSPS) is 13.1. The Kier molecular flexibility index (Phi) is 10.2. The molecule has 2 aromatic rings. The van der Waals surface area contributed by atoms with E-state index in [-0.39, 0.29) is 18.5 Å². The van der Waals surface area contributed by atoms with Crippen molar-refractivity contribution in [2.45, 2.75) is 66.1 Å². The first kappa shape index (κ1) is 28.7. The zero-order valence-electron chi connectivity index (χ0n) is 21.3. The van der Waals surface area contributed by atoms with Gasteiger partial charge in [0.1, 0.15) is 12.6 Å². The van der Waals surface area contributed by atoms with Gasteiger partial charge in [-0.1, -0.05) is 49.7 Å². The molecule has 0 aliphatic heterocycles. The van der Waals surface area contributed by atoms with Gasteiger partial charge >= 0.3 is 0 Å². The number of benzene rings is 2. The Labute approximate surface area is 214 Å². The van der Waals surface area contributed by atoms with E-state index < -0.39 is 28.5 Å². The highest BCUT2D eigenvalue weighted by molar-refractivity contribution is 7.92. The molecule has 0 aliphatic rings. The van der Waals surface area contributed by atoms with Crippen LogP contribution < -0.4 is 9.62 Å². The molecule has 9 heteroatoms. The van der Waals surface area contributed by atoms with Crippen LogP contribution in [0.4, 0.5) is 5.69 Å². The summed E-state index contributed by atoms with van der Waals surface area (Å²) in [5.41, 5.74) is 2.93. The summed E-state index contributed by atoms with van der Waals surface area (Å²) in [7, 11) is -3.77. The van der Waals surface area contributed by atoms with Gasteiger partial charge in [-0.3, -0.25) is 13.9 Å². The number of nitrogens with zero attached hydrogens (tertiary/aromatic N) is 2. The molecule has 7 nitrogen and oxygen atoms in total. The van der Waals surface area contributed by atoms with E-state index in [9.17, 15) is 18.0 Å². The molecule has 0 bridgehead atoms. The SMILES string of the molecule is CC[C@@H](C)NC(=O)[C@@H](CC)N(Cc1ccc(Cl)cc1)C(=O)CN(c1cccc(C)c1C)S(C)(=O)=O. The van der Waals surface area contributed by atoms with Gasteiger partial charge in [0.2, 0.25) is 21.8 Å². The molecule has 0 unspecified atom stereocenters. The lowest BCUT2D eigenvalue weighted by Crippen LogP contribution is -2.53. The molecule has 0 radical (unpaired) electrons. The lowest BCUT2D eigenvalue weighted by atomic mass is 10.1. The van der Waals surface area contributed by atoms with Crippen molar-refractivity contribution >= 4 is 39.1 Å². The first-order valence-electron chi connectivity index (χ1n) is 11.8. The molecule has 0 fully saturated rings. The summed E-state index contributed by atoms with van der Waals surface area (Å²) in [5.74, 6) is -0.723. The lowest BCUT2D eigenvalue weighted by Gasteiger charge is -2.33. The van der Waals surface area contributed by atoms with Crippen LogP contribution >= 0.6 is 11.6 Å².